The maximum absolute atomic E-state index is 4.38. The van der Waals surface area contributed by atoms with Crippen LogP contribution in [0.3, 0.4) is 0 Å². The zero-order valence-corrected chi connectivity index (χ0v) is 10.7. The van der Waals surface area contributed by atoms with Gasteiger partial charge in [-0.2, -0.15) is 0 Å². The monoisotopic (exact) mass is 246 g/mol. The van der Waals surface area contributed by atoms with Gasteiger partial charge >= 0.3 is 0 Å². The fourth-order valence-corrected chi connectivity index (χ4v) is 2.03. The fourth-order valence-electron chi connectivity index (χ4n) is 2.03. The van der Waals surface area contributed by atoms with Crippen molar-refractivity contribution >= 4 is 0 Å². The maximum Gasteiger partial charge on any atom is 0.0702 e. The minimum Gasteiger partial charge on any atom is -0.261 e. The van der Waals surface area contributed by atoms with E-state index >= 15 is 0 Å². The van der Waals surface area contributed by atoms with Gasteiger partial charge in [-0.3, -0.25) is 9.97 Å². The van der Waals surface area contributed by atoms with Crippen molar-refractivity contribution in [1.82, 2.24) is 9.97 Å². The molecule has 0 saturated heterocycles. The van der Waals surface area contributed by atoms with Crippen LogP contribution in [0, 0.1) is 6.92 Å². The van der Waals surface area contributed by atoms with E-state index in [2.05, 4.69) is 40.3 Å². The Bertz CT molecular complexity index is 673. The summed E-state index contributed by atoms with van der Waals surface area (Å²) in [5.74, 6) is 0. The molecule has 0 amide bonds. The second-order valence-electron chi connectivity index (χ2n) is 4.48. The van der Waals surface area contributed by atoms with Crippen LogP contribution in [0.4, 0.5) is 0 Å². The van der Waals surface area contributed by atoms with Crippen LogP contribution >= 0.6 is 0 Å². The van der Waals surface area contributed by atoms with E-state index in [1.54, 1.807) is 0 Å². The Morgan fingerprint density at radius 2 is 1.63 bits per heavy atom. The van der Waals surface area contributed by atoms with Crippen molar-refractivity contribution in [2.45, 2.75) is 6.92 Å². The molecule has 2 heterocycles. The molecule has 0 N–H and O–H groups in total. The minimum absolute atomic E-state index is 0.990. The molecular weight excluding hydrogens is 232 g/mol. The Kier molecular flexibility index (Phi) is 3.07. The molecule has 0 radical (unpaired) electrons. The summed E-state index contributed by atoms with van der Waals surface area (Å²) in [6.07, 6.45) is 3.72. The topological polar surface area (TPSA) is 25.8 Å². The number of hydrogen-bond acceptors (Lipinski definition) is 2. The third-order valence-electron chi connectivity index (χ3n) is 3.07. The van der Waals surface area contributed by atoms with Crippen molar-refractivity contribution in [3.63, 3.8) is 0 Å². The highest BCUT2D eigenvalue weighted by Crippen LogP contribution is 2.24. The number of benzene rings is 1. The molecule has 2 heteroatoms. The van der Waals surface area contributed by atoms with Gasteiger partial charge in [0.05, 0.1) is 5.69 Å². The highest BCUT2D eigenvalue weighted by atomic mass is 14.7. The first-order valence-corrected chi connectivity index (χ1v) is 6.27. The molecule has 0 saturated carbocycles. The van der Waals surface area contributed by atoms with Gasteiger partial charge in [0, 0.05) is 29.2 Å². The summed E-state index contributed by atoms with van der Waals surface area (Å²) >= 11 is 0. The Balaban J connectivity index is 2.03. The van der Waals surface area contributed by atoms with Gasteiger partial charge in [-0.25, -0.2) is 0 Å². The molecule has 0 fully saturated rings. The third kappa shape index (κ3) is 2.52. The summed E-state index contributed by atoms with van der Waals surface area (Å²) in [6, 6.07) is 18.5. The summed E-state index contributed by atoms with van der Waals surface area (Å²) in [5, 5.41) is 0. The quantitative estimate of drug-likeness (QED) is 0.679. The van der Waals surface area contributed by atoms with Gasteiger partial charge in [-0.1, -0.05) is 30.3 Å². The van der Waals surface area contributed by atoms with Gasteiger partial charge in [0.25, 0.3) is 0 Å². The van der Waals surface area contributed by atoms with Crippen LogP contribution < -0.4 is 0 Å². The average Bonchev–Trinajstić information content (AvgIpc) is 2.49. The molecule has 1 aromatic carbocycles. The standard InChI is InChI=1S/C17H14N2/c1-13-8-9-16(12-19-13)14-5-4-6-15(11-14)17-7-2-3-10-18-17/h2-12H,1H3. The van der Waals surface area contributed by atoms with Crippen LogP contribution in [0.5, 0.6) is 0 Å². The zero-order valence-electron chi connectivity index (χ0n) is 10.7. The van der Waals surface area contributed by atoms with E-state index < -0.39 is 0 Å². The first kappa shape index (κ1) is 11.6. The molecule has 0 aliphatic carbocycles. The van der Waals surface area contributed by atoms with Gasteiger partial charge in [0.15, 0.2) is 0 Å². The summed E-state index contributed by atoms with van der Waals surface area (Å²) in [7, 11) is 0. The molecular formula is C17H14N2. The van der Waals surface area contributed by atoms with Gasteiger partial charge in [0.2, 0.25) is 0 Å². The van der Waals surface area contributed by atoms with Crippen LogP contribution in [-0.4, -0.2) is 9.97 Å². The fraction of sp³-hybridized carbons (Fsp3) is 0.0588. The van der Waals surface area contributed by atoms with E-state index in [9.17, 15) is 0 Å². The summed E-state index contributed by atoms with van der Waals surface area (Å²) in [5.41, 5.74) is 5.44. The number of nitrogens with zero attached hydrogens (tertiary/aromatic N) is 2. The maximum atomic E-state index is 4.38. The highest BCUT2D eigenvalue weighted by molar-refractivity contribution is 5.70. The predicted molar refractivity (Wildman–Crippen MR) is 77.6 cm³/mol. The lowest BCUT2D eigenvalue weighted by Crippen LogP contribution is -1.85. The van der Waals surface area contributed by atoms with E-state index in [4.69, 9.17) is 0 Å². The van der Waals surface area contributed by atoms with E-state index in [0.29, 0.717) is 0 Å². The molecule has 0 aliphatic rings. The molecule has 0 unspecified atom stereocenters. The first-order valence-electron chi connectivity index (χ1n) is 6.27. The average molecular weight is 246 g/mol. The van der Waals surface area contributed by atoms with E-state index in [1.807, 2.05) is 43.6 Å². The molecule has 0 bridgehead atoms. The van der Waals surface area contributed by atoms with Crippen molar-refractivity contribution < 1.29 is 0 Å². The van der Waals surface area contributed by atoms with E-state index in [-0.39, 0.29) is 0 Å². The number of pyridine rings is 2. The lowest BCUT2D eigenvalue weighted by Gasteiger charge is -2.05. The normalized spacial score (nSPS) is 10.4. The molecule has 0 atom stereocenters. The second kappa shape index (κ2) is 5.02. The van der Waals surface area contributed by atoms with Crippen LogP contribution in [-0.2, 0) is 0 Å². The third-order valence-corrected chi connectivity index (χ3v) is 3.07. The van der Waals surface area contributed by atoms with Gasteiger partial charge in [-0.15, -0.1) is 0 Å². The number of hydrogen-bond donors (Lipinski definition) is 0. The van der Waals surface area contributed by atoms with Crippen LogP contribution in [0.25, 0.3) is 22.4 Å². The van der Waals surface area contributed by atoms with Crippen molar-refractivity contribution in [2.24, 2.45) is 0 Å². The molecule has 3 aromatic rings. The second-order valence-corrected chi connectivity index (χ2v) is 4.48. The molecule has 3 rings (SSSR count). The number of aromatic nitrogens is 2. The van der Waals surface area contributed by atoms with Gasteiger partial charge in [0.1, 0.15) is 0 Å². The van der Waals surface area contributed by atoms with Gasteiger partial charge < -0.3 is 0 Å². The van der Waals surface area contributed by atoms with Crippen molar-refractivity contribution in [1.29, 1.82) is 0 Å². The summed E-state index contributed by atoms with van der Waals surface area (Å²) in [4.78, 5) is 8.72. The Morgan fingerprint density at radius 1 is 0.737 bits per heavy atom. The van der Waals surface area contributed by atoms with E-state index in [1.165, 1.54) is 0 Å². The van der Waals surface area contributed by atoms with Crippen LogP contribution in [0.2, 0.25) is 0 Å². The van der Waals surface area contributed by atoms with Crippen molar-refractivity contribution in [3.05, 3.63) is 72.7 Å². The van der Waals surface area contributed by atoms with E-state index in [0.717, 1.165) is 28.1 Å². The van der Waals surface area contributed by atoms with Crippen LogP contribution in [0.15, 0.2) is 67.0 Å². The number of aryl methyl sites for hydroxylation is 1. The van der Waals surface area contributed by atoms with Crippen LogP contribution in [0.1, 0.15) is 5.69 Å². The van der Waals surface area contributed by atoms with Crippen molar-refractivity contribution in [2.75, 3.05) is 0 Å². The Morgan fingerprint density at radius 3 is 2.37 bits per heavy atom. The number of rotatable bonds is 2. The lowest BCUT2D eigenvalue weighted by atomic mass is 10.0. The molecule has 0 spiro atoms. The summed E-state index contributed by atoms with van der Waals surface area (Å²) in [6.45, 7) is 1.99. The molecule has 2 nitrogen and oxygen atoms in total. The smallest absolute Gasteiger partial charge is 0.0702 e. The SMILES string of the molecule is Cc1ccc(-c2cccc(-c3ccccn3)c2)cn1. The van der Waals surface area contributed by atoms with Crippen molar-refractivity contribution in [3.8, 4) is 22.4 Å². The molecule has 19 heavy (non-hydrogen) atoms. The van der Waals surface area contributed by atoms with Gasteiger partial charge in [-0.05, 0) is 36.8 Å². The molecule has 0 aliphatic heterocycles. The summed E-state index contributed by atoms with van der Waals surface area (Å²) < 4.78 is 0. The highest BCUT2D eigenvalue weighted by Gasteiger charge is 2.02. The Hall–Kier alpha value is -2.48. The lowest BCUT2D eigenvalue weighted by molar-refractivity contribution is 1.20. The predicted octanol–water partition coefficient (Wildman–Crippen LogP) is 4.12. The zero-order chi connectivity index (χ0) is 13.1. The minimum atomic E-state index is 0.990. The molecule has 92 valence electrons. The Labute approximate surface area is 112 Å². The largest absolute Gasteiger partial charge is 0.261 e. The first-order chi connectivity index (χ1) is 9.33. The molecule has 2 aromatic heterocycles.